The van der Waals surface area contributed by atoms with E-state index in [0.29, 0.717) is 12.2 Å². The van der Waals surface area contributed by atoms with Gasteiger partial charge in [0.25, 0.3) is 5.69 Å². The van der Waals surface area contributed by atoms with E-state index in [1.54, 1.807) is 19.1 Å². The summed E-state index contributed by atoms with van der Waals surface area (Å²) in [5.74, 6) is 0.878. The van der Waals surface area contributed by atoms with Crippen molar-refractivity contribution in [1.82, 2.24) is 0 Å². The maximum absolute atomic E-state index is 11.0. The maximum atomic E-state index is 11.0. The van der Waals surface area contributed by atoms with Gasteiger partial charge in [-0.25, -0.2) is 0 Å². The summed E-state index contributed by atoms with van der Waals surface area (Å²) in [5.41, 5.74) is 2.65. The Hall–Kier alpha value is -2.56. The number of hydrogen-bond donors (Lipinski definition) is 1. The van der Waals surface area contributed by atoms with Crippen LogP contribution in [-0.2, 0) is 0 Å². The number of nitrogens with one attached hydrogen (secondary N) is 1. The van der Waals surface area contributed by atoms with Gasteiger partial charge in [0.05, 0.1) is 17.6 Å². The average Bonchev–Trinajstić information content (AvgIpc) is 2.49. The zero-order chi connectivity index (χ0) is 14.8. The summed E-state index contributed by atoms with van der Waals surface area (Å²) >= 11 is 0. The Bertz CT molecular complexity index is 685. The number of nitro benzene ring substituents is 1. The highest BCUT2D eigenvalue weighted by atomic mass is 16.6. The third-order valence-corrected chi connectivity index (χ3v) is 3.71. The monoisotopic (exact) mass is 284 g/mol. The molecule has 0 spiro atoms. The molecule has 0 radical (unpaired) electrons. The Labute approximate surface area is 122 Å². The molecular weight excluding hydrogens is 268 g/mol. The molecule has 2 aromatic rings. The van der Waals surface area contributed by atoms with E-state index in [0.717, 1.165) is 23.4 Å². The summed E-state index contributed by atoms with van der Waals surface area (Å²) in [6.45, 7) is 2.38. The van der Waals surface area contributed by atoms with Crippen LogP contribution in [-0.4, -0.2) is 11.5 Å². The number of aryl methyl sites for hydroxylation is 1. The molecule has 1 atom stereocenters. The van der Waals surface area contributed by atoms with Crippen molar-refractivity contribution in [2.45, 2.75) is 19.4 Å². The molecule has 1 N–H and O–H groups in total. The van der Waals surface area contributed by atoms with E-state index in [2.05, 4.69) is 5.32 Å². The standard InChI is InChI=1S/C16H16N2O3/c1-11-6-7-12(10-15(11)18(19)20)17-14-8-9-21-16-5-3-2-4-13(14)16/h2-7,10,14,17H,8-9H2,1H3. The molecule has 0 saturated heterocycles. The van der Waals surface area contributed by atoms with Crippen LogP contribution in [0.15, 0.2) is 42.5 Å². The van der Waals surface area contributed by atoms with Gasteiger partial charge in [-0.1, -0.05) is 24.3 Å². The van der Waals surface area contributed by atoms with E-state index >= 15 is 0 Å². The molecule has 2 aromatic carbocycles. The molecule has 21 heavy (non-hydrogen) atoms. The molecular formula is C16H16N2O3. The van der Waals surface area contributed by atoms with Crippen molar-refractivity contribution in [3.8, 4) is 5.75 Å². The minimum atomic E-state index is -0.349. The highest BCUT2D eigenvalue weighted by molar-refractivity contribution is 5.56. The molecule has 0 bridgehead atoms. The highest BCUT2D eigenvalue weighted by Crippen LogP contribution is 2.34. The first-order chi connectivity index (χ1) is 10.1. The van der Waals surface area contributed by atoms with Crippen LogP contribution in [0.4, 0.5) is 11.4 Å². The first-order valence-corrected chi connectivity index (χ1v) is 6.88. The lowest BCUT2D eigenvalue weighted by molar-refractivity contribution is -0.385. The second-order valence-corrected chi connectivity index (χ2v) is 5.13. The fraction of sp³-hybridized carbons (Fsp3) is 0.250. The fourth-order valence-corrected chi connectivity index (χ4v) is 2.59. The third-order valence-electron chi connectivity index (χ3n) is 3.71. The van der Waals surface area contributed by atoms with Crippen LogP contribution in [0.1, 0.15) is 23.6 Å². The van der Waals surface area contributed by atoms with E-state index < -0.39 is 0 Å². The number of rotatable bonds is 3. The van der Waals surface area contributed by atoms with Crippen molar-refractivity contribution in [2.24, 2.45) is 0 Å². The lowest BCUT2D eigenvalue weighted by atomic mass is 10.00. The highest BCUT2D eigenvalue weighted by Gasteiger charge is 2.21. The molecule has 0 fully saturated rings. The van der Waals surface area contributed by atoms with Crippen molar-refractivity contribution in [2.75, 3.05) is 11.9 Å². The SMILES string of the molecule is Cc1ccc(NC2CCOc3ccccc32)cc1[N+](=O)[O-]. The van der Waals surface area contributed by atoms with Gasteiger partial charge in [-0.2, -0.15) is 0 Å². The number of fused-ring (bicyclic) bond motifs is 1. The van der Waals surface area contributed by atoms with Crippen molar-refractivity contribution < 1.29 is 9.66 Å². The second-order valence-electron chi connectivity index (χ2n) is 5.13. The van der Waals surface area contributed by atoms with Gasteiger partial charge in [0.1, 0.15) is 5.75 Å². The van der Waals surface area contributed by atoms with Crippen LogP contribution in [0.25, 0.3) is 0 Å². The summed E-state index contributed by atoms with van der Waals surface area (Å²) in [5, 5.41) is 14.4. The number of benzene rings is 2. The van der Waals surface area contributed by atoms with E-state index in [4.69, 9.17) is 4.74 Å². The van der Waals surface area contributed by atoms with Crippen LogP contribution in [0, 0.1) is 17.0 Å². The van der Waals surface area contributed by atoms with Gasteiger partial charge >= 0.3 is 0 Å². The predicted octanol–water partition coefficient (Wildman–Crippen LogP) is 3.84. The number of nitro groups is 1. The van der Waals surface area contributed by atoms with E-state index in [1.807, 2.05) is 30.3 Å². The van der Waals surface area contributed by atoms with Crippen LogP contribution in [0.5, 0.6) is 5.75 Å². The summed E-state index contributed by atoms with van der Waals surface area (Å²) < 4.78 is 5.62. The molecule has 0 aromatic heterocycles. The number of para-hydroxylation sites is 1. The number of anilines is 1. The summed E-state index contributed by atoms with van der Waals surface area (Å²) in [7, 11) is 0. The predicted molar refractivity (Wildman–Crippen MR) is 80.8 cm³/mol. The lowest BCUT2D eigenvalue weighted by Crippen LogP contribution is -2.20. The van der Waals surface area contributed by atoms with Gasteiger partial charge in [-0.15, -0.1) is 0 Å². The normalized spacial score (nSPS) is 16.7. The fourth-order valence-electron chi connectivity index (χ4n) is 2.59. The largest absolute Gasteiger partial charge is 0.493 e. The summed E-state index contributed by atoms with van der Waals surface area (Å²) in [6.07, 6.45) is 0.832. The Morgan fingerprint density at radius 2 is 2.10 bits per heavy atom. The minimum absolute atomic E-state index is 0.109. The van der Waals surface area contributed by atoms with Crippen molar-refractivity contribution in [1.29, 1.82) is 0 Å². The molecule has 1 heterocycles. The van der Waals surface area contributed by atoms with E-state index in [1.165, 1.54) is 0 Å². The molecule has 5 heteroatoms. The van der Waals surface area contributed by atoms with E-state index in [9.17, 15) is 10.1 Å². The van der Waals surface area contributed by atoms with Crippen LogP contribution < -0.4 is 10.1 Å². The first kappa shape index (κ1) is 13.4. The minimum Gasteiger partial charge on any atom is -0.493 e. The Balaban J connectivity index is 1.88. The summed E-state index contributed by atoms with van der Waals surface area (Å²) in [6, 6.07) is 13.2. The van der Waals surface area contributed by atoms with Crippen molar-refractivity contribution in [3.05, 3.63) is 63.7 Å². The van der Waals surface area contributed by atoms with Crippen LogP contribution >= 0.6 is 0 Å². The van der Waals surface area contributed by atoms with Gasteiger partial charge in [0.15, 0.2) is 0 Å². The van der Waals surface area contributed by atoms with Gasteiger partial charge in [0.2, 0.25) is 0 Å². The number of nitrogens with zero attached hydrogens (tertiary/aromatic N) is 1. The van der Waals surface area contributed by atoms with E-state index in [-0.39, 0.29) is 16.7 Å². The topological polar surface area (TPSA) is 64.4 Å². The Kier molecular flexibility index (Phi) is 3.48. The molecule has 1 aliphatic rings. The van der Waals surface area contributed by atoms with Crippen molar-refractivity contribution in [3.63, 3.8) is 0 Å². The Morgan fingerprint density at radius 3 is 2.90 bits per heavy atom. The molecule has 1 aliphatic heterocycles. The first-order valence-electron chi connectivity index (χ1n) is 6.88. The molecule has 0 amide bonds. The lowest BCUT2D eigenvalue weighted by Gasteiger charge is -2.27. The molecule has 5 nitrogen and oxygen atoms in total. The van der Waals surface area contributed by atoms with Gasteiger partial charge in [0, 0.05) is 29.3 Å². The smallest absolute Gasteiger partial charge is 0.274 e. The maximum Gasteiger partial charge on any atom is 0.274 e. The average molecular weight is 284 g/mol. The molecule has 3 rings (SSSR count). The molecule has 0 aliphatic carbocycles. The second kappa shape index (κ2) is 5.44. The summed E-state index contributed by atoms with van der Waals surface area (Å²) in [4.78, 5) is 10.7. The molecule has 108 valence electrons. The quantitative estimate of drug-likeness (QED) is 0.687. The van der Waals surface area contributed by atoms with Gasteiger partial charge in [-0.3, -0.25) is 10.1 Å². The Morgan fingerprint density at radius 1 is 1.29 bits per heavy atom. The molecule has 0 saturated carbocycles. The third kappa shape index (κ3) is 2.67. The van der Waals surface area contributed by atoms with Crippen LogP contribution in [0.3, 0.4) is 0 Å². The number of ether oxygens (including phenoxy) is 1. The number of hydrogen-bond acceptors (Lipinski definition) is 4. The van der Waals surface area contributed by atoms with Crippen LogP contribution in [0.2, 0.25) is 0 Å². The zero-order valence-electron chi connectivity index (χ0n) is 11.7. The molecule has 1 unspecified atom stereocenters. The van der Waals surface area contributed by atoms with Gasteiger partial charge < -0.3 is 10.1 Å². The van der Waals surface area contributed by atoms with Crippen molar-refractivity contribution >= 4 is 11.4 Å². The van der Waals surface area contributed by atoms with Gasteiger partial charge in [-0.05, 0) is 19.1 Å². The zero-order valence-corrected chi connectivity index (χ0v) is 11.7.